The second-order valence-corrected chi connectivity index (χ2v) is 10.8. The Morgan fingerprint density at radius 1 is 0.905 bits per heavy atom. The van der Waals surface area contributed by atoms with E-state index in [4.69, 9.17) is 17.0 Å². The summed E-state index contributed by atoms with van der Waals surface area (Å²) in [6.07, 6.45) is 1.80. The molecule has 0 spiro atoms. The summed E-state index contributed by atoms with van der Waals surface area (Å²) in [5, 5.41) is 13.5. The highest BCUT2D eigenvalue weighted by atomic mass is 32.1. The molecular formula is C34H30N4O3S. The Kier molecular flexibility index (Phi) is 7.22. The number of ether oxygens (including phenoxy) is 1. The highest BCUT2D eigenvalue weighted by Crippen LogP contribution is 2.44. The molecule has 0 radical (unpaired) electrons. The van der Waals surface area contributed by atoms with Crippen molar-refractivity contribution in [3.8, 4) is 17.2 Å². The molecule has 8 heteroatoms. The number of carbonyl (C=O) groups is 1. The highest BCUT2D eigenvalue weighted by molar-refractivity contribution is 7.80. The molecule has 7 nitrogen and oxygen atoms in total. The zero-order valence-electron chi connectivity index (χ0n) is 23.5. The molecule has 2 aromatic heterocycles. The number of carboxylic acid groups (broad SMARTS) is 1. The Balaban J connectivity index is 1.40. The molecule has 1 fully saturated rings. The first-order chi connectivity index (χ1) is 20.3. The number of aromatic nitrogens is 2. The maximum absolute atomic E-state index is 11.4. The van der Waals surface area contributed by atoms with E-state index in [0.717, 1.165) is 51.1 Å². The maximum atomic E-state index is 11.4. The van der Waals surface area contributed by atoms with Crippen LogP contribution >= 0.6 is 12.2 Å². The smallest absolute Gasteiger partial charge is 0.335 e. The molecule has 3 heterocycles. The van der Waals surface area contributed by atoms with Gasteiger partial charge in [0.25, 0.3) is 0 Å². The van der Waals surface area contributed by atoms with Gasteiger partial charge >= 0.3 is 5.97 Å². The molecule has 2 N–H and O–H groups in total. The van der Waals surface area contributed by atoms with E-state index >= 15 is 0 Å². The molecule has 0 aliphatic carbocycles. The molecular weight excluding hydrogens is 544 g/mol. The first-order valence-corrected chi connectivity index (χ1v) is 14.1. The summed E-state index contributed by atoms with van der Waals surface area (Å²) in [5.74, 6) is 0.616. The standard InChI is InChI=1S/C34H30N4O3S/c1-21-8-4-5-10-30(21)41-27-17-15-26(16-18-27)38-32(31(36-34(38)42)29-9-6-7-19-35-29)28-20-22(2)37(23(28)3)25-13-11-24(12-14-25)33(39)40/h4-20,31-32H,1-3H3,(H,36,42)(H,39,40). The highest BCUT2D eigenvalue weighted by Gasteiger charge is 2.42. The molecule has 0 saturated carbocycles. The first kappa shape index (κ1) is 27.2. The fourth-order valence-corrected chi connectivity index (χ4v) is 6.01. The Hall–Kier alpha value is -4.95. The number of hydrogen-bond donors (Lipinski definition) is 2. The normalized spacial score (nSPS) is 16.4. The number of pyridine rings is 1. The van der Waals surface area contributed by atoms with Crippen LogP contribution in [0.1, 0.15) is 50.7 Å². The van der Waals surface area contributed by atoms with Gasteiger partial charge in [0.15, 0.2) is 5.11 Å². The summed E-state index contributed by atoms with van der Waals surface area (Å²) < 4.78 is 8.30. The van der Waals surface area contributed by atoms with Gasteiger partial charge in [-0.15, -0.1) is 0 Å². The van der Waals surface area contributed by atoms with E-state index in [9.17, 15) is 9.90 Å². The average Bonchev–Trinajstić information content (AvgIpc) is 3.49. The van der Waals surface area contributed by atoms with Gasteiger partial charge in [0, 0.05) is 29.0 Å². The molecule has 0 amide bonds. The number of nitrogens with zero attached hydrogens (tertiary/aromatic N) is 3. The van der Waals surface area contributed by atoms with Crippen LogP contribution in [0.4, 0.5) is 5.69 Å². The number of carboxylic acids is 1. The lowest BCUT2D eigenvalue weighted by atomic mass is 9.96. The summed E-state index contributed by atoms with van der Waals surface area (Å²) in [5.41, 5.74) is 7.21. The van der Waals surface area contributed by atoms with Crippen LogP contribution in [0.25, 0.3) is 5.69 Å². The van der Waals surface area contributed by atoms with Crippen molar-refractivity contribution in [2.75, 3.05) is 4.90 Å². The second kappa shape index (κ2) is 11.1. The second-order valence-electron chi connectivity index (χ2n) is 10.4. The monoisotopic (exact) mass is 574 g/mol. The van der Waals surface area contributed by atoms with Crippen molar-refractivity contribution < 1.29 is 14.6 Å². The van der Waals surface area contributed by atoms with E-state index in [0.29, 0.717) is 5.11 Å². The van der Waals surface area contributed by atoms with E-state index in [-0.39, 0.29) is 17.6 Å². The molecule has 1 aliphatic heterocycles. The topological polar surface area (TPSA) is 79.6 Å². The zero-order valence-corrected chi connectivity index (χ0v) is 24.3. The molecule has 2 unspecified atom stereocenters. The van der Waals surface area contributed by atoms with E-state index in [2.05, 4.69) is 39.7 Å². The van der Waals surface area contributed by atoms with Gasteiger partial charge in [-0.1, -0.05) is 24.3 Å². The quantitative estimate of drug-likeness (QED) is 0.195. The minimum Gasteiger partial charge on any atom is -0.478 e. The van der Waals surface area contributed by atoms with Crippen LogP contribution in [0.5, 0.6) is 11.5 Å². The van der Waals surface area contributed by atoms with Crippen molar-refractivity contribution >= 4 is 29.0 Å². The lowest BCUT2D eigenvalue weighted by molar-refractivity contribution is 0.0697. The Labute approximate surface area is 250 Å². The van der Waals surface area contributed by atoms with Crippen molar-refractivity contribution in [1.29, 1.82) is 0 Å². The maximum Gasteiger partial charge on any atom is 0.335 e. The van der Waals surface area contributed by atoms with Gasteiger partial charge in [-0.05, 0) is 117 Å². The molecule has 1 aliphatic rings. The molecule has 2 atom stereocenters. The molecule has 3 aromatic carbocycles. The van der Waals surface area contributed by atoms with Crippen LogP contribution in [0.2, 0.25) is 0 Å². The Morgan fingerprint density at radius 2 is 1.60 bits per heavy atom. The van der Waals surface area contributed by atoms with E-state index in [1.165, 1.54) is 0 Å². The van der Waals surface area contributed by atoms with Gasteiger partial charge in [-0.2, -0.15) is 0 Å². The van der Waals surface area contributed by atoms with Crippen molar-refractivity contribution in [1.82, 2.24) is 14.9 Å². The first-order valence-electron chi connectivity index (χ1n) is 13.7. The number of thiocarbonyl (C=S) groups is 1. The van der Waals surface area contributed by atoms with Crippen LogP contribution in [-0.2, 0) is 0 Å². The van der Waals surface area contributed by atoms with Crippen LogP contribution in [-0.4, -0.2) is 25.7 Å². The Bertz CT molecular complexity index is 1770. The predicted molar refractivity (Wildman–Crippen MR) is 168 cm³/mol. The molecule has 5 aromatic rings. The number of hydrogen-bond acceptors (Lipinski definition) is 4. The zero-order chi connectivity index (χ0) is 29.4. The van der Waals surface area contributed by atoms with E-state index in [1.54, 1.807) is 18.3 Å². The third-order valence-electron chi connectivity index (χ3n) is 7.70. The van der Waals surface area contributed by atoms with Crippen LogP contribution in [0, 0.1) is 20.8 Å². The van der Waals surface area contributed by atoms with Gasteiger partial charge in [0.05, 0.1) is 23.3 Å². The van der Waals surface area contributed by atoms with Crippen LogP contribution in [0.3, 0.4) is 0 Å². The molecule has 210 valence electrons. The average molecular weight is 575 g/mol. The van der Waals surface area contributed by atoms with Gasteiger partial charge in [0.1, 0.15) is 11.5 Å². The largest absolute Gasteiger partial charge is 0.478 e. The number of para-hydroxylation sites is 1. The fourth-order valence-electron chi connectivity index (χ4n) is 5.66. The number of anilines is 1. The van der Waals surface area contributed by atoms with E-state index < -0.39 is 5.97 Å². The van der Waals surface area contributed by atoms with Gasteiger partial charge in [-0.25, -0.2) is 4.79 Å². The summed E-state index contributed by atoms with van der Waals surface area (Å²) >= 11 is 5.94. The van der Waals surface area contributed by atoms with Gasteiger partial charge in [-0.3, -0.25) is 4.98 Å². The van der Waals surface area contributed by atoms with Crippen molar-refractivity contribution in [2.24, 2.45) is 0 Å². The molecule has 42 heavy (non-hydrogen) atoms. The number of aromatic carboxylic acids is 1. The van der Waals surface area contributed by atoms with Crippen molar-refractivity contribution in [2.45, 2.75) is 32.9 Å². The summed E-state index contributed by atoms with van der Waals surface area (Å²) in [6.45, 7) is 6.17. The summed E-state index contributed by atoms with van der Waals surface area (Å²) in [4.78, 5) is 18.2. The third-order valence-corrected chi connectivity index (χ3v) is 8.01. The summed E-state index contributed by atoms with van der Waals surface area (Å²) in [7, 11) is 0. The number of aryl methyl sites for hydroxylation is 2. The minimum absolute atomic E-state index is 0.186. The minimum atomic E-state index is -0.946. The van der Waals surface area contributed by atoms with Gasteiger partial charge < -0.3 is 24.6 Å². The van der Waals surface area contributed by atoms with E-state index in [1.807, 2.05) is 85.8 Å². The predicted octanol–water partition coefficient (Wildman–Crippen LogP) is 7.47. The van der Waals surface area contributed by atoms with Crippen LogP contribution in [0.15, 0.2) is 103 Å². The SMILES string of the molecule is Cc1ccccc1Oc1ccc(N2C(=S)NC(c3ccccn3)C2c2cc(C)n(-c3ccc(C(=O)O)cc3)c2C)cc1. The summed E-state index contributed by atoms with van der Waals surface area (Å²) in [6, 6.07) is 30.6. The van der Waals surface area contributed by atoms with Gasteiger partial charge in [0.2, 0.25) is 0 Å². The Morgan fingerprint density at radius 3 is 2.26 bits per heavy atom. The van der Waals surface area contributed by atoms with Crippen molar-refractivity contribution in [3.05, 3.63) is 137 Å². The number of rotatable bonds is 7. The third kappa shape index (κ3) is 5.01. The number of benzene rings is 3. The molecule has 1 saturated heterocycles. The van der Waals surface area contributed by atoms with Crippen molar-refractivity contribution in [3.63, 3.8) is 0 Å². The lowest BCUT2D eigenvalue weighted by Gasteiger charge is -2.28. The fraction of sp³-hybridized carbons (Fsp3) is 0.147. The number of nitrogens with one attached hydrogen (secondary N) is 1. The molecule has 6 rings (SSSR count). The lowest BCUT2D eigenvalue weighted by Crippen LogP contribution is -2.29. The molecule has 0 bridgehead atoms. The van der Waals surface area contributed by atoms with Crippen LogP contribution < -0.4 is 15.0 Å².